The molecule has 32 heavy (non-hydrogen) atoms. The standard InChI is InChI=1S/C23H16FN3O4S/c1-31-19-12-15(25-23(32)26-20(28)13-6-8-14(24)9-7-13)10-11-18(19)27-21(29)16-4-2-3-5-17(16)22(27)30/h2-12H,1H3,(H2,25,26,28,32). The third kappa shape index (κ3) is 3.93. The molecule has 9 heteroatoms. The number of imide groups is 1. The van der Waals surface area contributed by atoms with Crippen molar-refractivity contribution >= 4 is 46.4 Å². The van der Waals surface area contributed by atoms with Crippen LogP contribution in [0.3, 0.4) is 0 Å². The molecule has 0 saturated carbocycles. The second-order valence-electron chi connectivity index (χ2n) is 6.79. The fourth-order valence-electron chi connectivity index (χ4n) is 3.29. The van der Waals surface area contributed by atoms with Crippen LogP contribution in [0.4, 0.5) is 15.8 Å². The Labute approximate surface area is 187 Å². The van der Waals surface area contributed by atoms with Gasteiger partial charge in [0.1, 0.15) is 11.6 Å². The van der Waals surface area contributed by atoms with Gasteiger partial charge in [0.2, 0.25) is 0 Å². The first-order chi connectivity index (χ1) is 15.4. The van der Waals surface area contributed by atoms with Crippen LogP contribution in [-0.2, 0) is 0 Å². The van der Waals surface area contributed by atoms with Gasteiger partial charge in [-0.15, -0.1) is 0 Å². The molecule has 2 N–H and O–H groups in total. The van der Waals surface area contributed by atoms with Gasteiger partial charge in [-0.2, -0.15) is 0 Å². The fraction of sp³-hybridized carbons (Fsp3) is 0.0435. The Balaban J connectivity index is 1.51. The molecule has 7 nitrogen and oxygen atoms in total. The van der Waals surface area contributed by atoms with Gasteiger partial charge in [-0.3, -0.25) is 19.7 Å². The van der Waals surface area contributed by atoms with Gasteiger partial charge in [0.25, 0.3) is 17.7 Å². The first-order valence-electron chi connectivity index (χ1n) is 9.43. The smallest absolute Gasteiger partial charge is 0.266 e. The molecule has 0 radical (unpaired) electrons. The number of carbonyl (C=O) groups excluding carboxylic acids is 3. The van der Waals surface area contributed by atoms with Crippen LogP contribution in [0.1, 0.15) is 31.1 Å². The third-order valence-corrected chi connectivity index (χ3v) is 5.01. The summed E-state index contributed by atoms with van der Waals surface area (Å²) in [6, 6.07) is 16.3. The van der Waals surface area contributed by atoms with Crippen molar-refractivity contribution in [3.63, 3.8) is 0 Å². The van der Waals surface area contributed by atoms with E-state index in [-0.39, 0.29) is 22.1 Å². The molecule has 0 aromatic heterocycles. The van der Waals surface area contributed by atoms with Gasteiger partial charge in [-0.1, -0.05) is 12.1 Å². The molecule has 1 aliphatic rings. The first-order valence-corrected chi connectivity index (χ1v) is 9.83. The highest BCUT2D eigenvalue weighted by molar-refractivity contribution is 7.80. The number of carbonyl (C=O) groups is 3. The minimum Gasteiger partial charge on any atom is -0.494 e. The summed E-state index contributed by atoms with van der Waals surface area (Å²) in [5.41, 5.74) is 1.64. The Hall–Kier alpha value is -4.11. The largest absolute Gasteiger partial charge is 0.494 e. The van der Waals surface area contributed by atoms with Gasteiger partial charge in [-0.05, 0) is 60.7 Å². The molecule has 3 aromatic rings. The van der Waals surface area contributed by atoms with E-state index in [0.717, 1.165) is 4.90 Å². The maximum absolute atomic E-state index is 13.0. The SMILES string of the molecule is COc1cc(NC(=S)NC(=O)c2ccc(F)cc2)ccc1N1C(=O)c2ccccc2C1=O. The lowest BCUT2D eigenvalue weighted by atomic mass is 10.1. The van der Waals surface area contributed by atoms with Crippen LogP contribution >= 0.6 is 12.2 Å². The lowest BCUT2D eigenvalue weighted by Gasteiger charge is -2.19. The van der Waals surface area contributed by atoms with E-state index in [1.54, 1.807) is 42.5 Å². The molecule has 1 aliphatic heterocycles. The van der Waals surface area contributed by atoms with Gasteiger partial charge in [0.05, 0.1) is 23.9 Å². The number of fused-ring (bicyclic) bond motifs is 1. The number of anilines is 2. The van der Waals surface area contributed by atoms with Crippen LogP contribution in [0.5, 0.6) is 5.75 Å². The number of hydrogen-bond acceptors (Lipinski definition) is 5. The van der Waals surface area contributed by atoms with E-state index in [0.29, 0.717) is 16.8 Å². The summed E-state index contributed by atoms with van der Waals surface area (Å²) >= 11 is 5.17. The van der Waals surface area contributed by atoms with Crippen molar-refractivity contribution in [1.82, 2.24) is 5.32 Å². The molecule has 1 heterocycles. The zero-order valence-electron chi connectivity index (χ0n) is 16.7. The molecule has 3 aromatic carbocycles. The average molecular weight is 449 g/mol. The first kappa shape index (κ1) is 21.1. The van der Waals surface area contributed by atoms with E-state index in [2.05, 4.69) is 10.6 Å². The van der Waals surface area contributed by atoms with Gasteiger partial charge in [0.15, 0.2) is 5.11 Å². The summed E-state index contributed by atoms with van der Waals surface area (Å²) in [5.74, 6) is -1.57. The van der Waals surface area contributed by atoms with Crippen LogP contribution in [-0.4, -0.2) is 29.9 Å². The average Bonchev–Trinajstić information content (AvgIpc) is 3.04. The van der Waals surface area contributed by atoms with Crippen molar-refractivity contribution in [3.8, 4) is 5.75 Å². The van der Waals surface area contributed by atoms with Gasteiger partial charge in [-0.25, -0.2) is 9.29 Å². The van der Waals surface area contributed by atoms with Crippen LogP contribution in [0.15, 0.2) is 66.7 Å². The second-order valence-corrected chi connectivity index (χ2v) is 7.20. The van der Waals surface area contributed by atoms with Crippen molar-refractivity contribution in [2.24, 2.45) is 0 Å². The number of nitrogens with one attached hydrogen (secondary N) is 2. The number of amides is 3. The van der Waals surface area contributed by atoms with E-state index in [4.69, 9.17) is 17.0 Å². The monoisotopic (exact) mass is 449 g/mol. The van der Waals surface area contributed by atoms with Crippen molar-refractivity contribution in [1.29, 1.82) is 0 Å². The number of rotatable bonds is 4. The highest BCUT2D eigenvalue weighted by Crippen LogP contribution is 2.36. The summed E-state index contributed by atoms with van der Waals surface area (Å²) in [7, 11) is 1.41. The van der Waals surface area contributed by atoms with Crippen molar-refractivity contribution in [3.05, 3.63) is 89.2 Å². The number of thiocarbonyl (C=S) groups is 1. The number of nitrogens with zero attached hydrogens (tertiary/aromatic N) is 1. The molecular formula is C23H16FN3O4S. The number of benzene rings is 3. The summed E-state index contributed by atoms with van der Waals surface area (Å²) in [6.45, 7) is 0. The zero-order valence-corrected chi connectivity index (χ0v) is 17.5. The number of halogens is 1. The van der Waals surface area contributed by atoms with E-state index in [1.807, 2.05) is 0 Å². The summed E-state index contributed by atoms with van der Waals surface area (Å²) in [6.07, 6.45) is 0. The number of hydrogen-bond donors (Lipinski definition) is 2. The Morgan fingerprint density at radius 2 is 1.59 bits per heavy atom. The molecule has 0 fully saturated rings. The summed E-state index contributed by atoms with van der Waals surface area (Å²) < 4.78 is 18.4. The lowest BCUT2D eigenvalue weighted by Crippen LogP contribution is -2.34. The van der Waals surface area contributed by atoms with Crippen LogP contribution in [0.25, 0.3) is 0 Å². The predicted molar refractivity (Wildman–Crippen MR) is 121 cm³/mol. The minimum absolute atomic E-state index is 0.00913. The van der Waals surface area contributed by atoms with Gasteiger partial charge < -0.3 is 10.1 Å². The van der Waals surface area contributed by atoms with E-state index in [1.165, 1.54) is 31.4 Å². The Morgan fingerprint density at radius 1 is 0.969 bits per heavy atom. The zero-order chi connectivity index (χ0) is 22.8. The molecular weight excluding hydrogens is 433 g/mol. The molecule has 0 unspecified atom stereocenters. The minimum atomic E-state index is -0.503. The Kier molecular flexibility index (Phi) is 5.65. The summed E-state index contributed by atoms with van der Waals surface area (Å²) in [4.78, 5) is 38.8. The van der Waals surface area contributed by atoms with E-state index >= 15 is 0 Å². The van der Waals surface area contributed by atoms with Gasteiger partial charge in [0, 0.05) is 17.3 Å². The molecule has 0 atom stereocenters. The van der Waals surface area contributed by atoms with E-state index in [9.17, 15) is 18.8 Å². The topological polar surface area (TPSA) is 87.7 Å². The quantitative estimate of drug-likeness (QED) is 0.466. The maximum atomic E-state index is 13.0. The highest BCUT2D eigenvalue weighted by atomic mass is 32.1. The molecule has 3 amide bonds. The van der Waals surface area contributed by atoms with Crippen LogP contribution in [0.2, 0.25) is 0 Å². The predicted octanol–water partition coefficient (Wildman–Crippen LogP) is 3.76. The van der Waals surface area contributed by atoms with Crippen molar-refractivity contribution < 1.29 is 23.5 Å². The molecule has 160 valence electrons. The normalized spacial score (nSPS) is 12.4. The fourth-order valence-corrected chi connectivity index (χ4v) is 3.50. The van der Waals surface area contributed by atoms with Crippen molar-refractivity contribution in [2.75, 3.05) is 17.3 Å². The number of ether oxygens (including phenoxy) is 1. The third-order valence-electron chi connectivity index (χ3n) is 4.81. The molecule has 0 aliphatic carbocycles. The molecule has 4 rings (SSSR count). The maximum Gasteiger partial charge on any atom is 0.266 e. The summed E-state index contributed by atoms with van der Waals surface area (Å²) in [5, 5.41) is 5.35. The van der Waals surface area contributed by atoms with Crippen molar-refractivity contribution in [2.45, 2.75) is 0 Å². The highest BCUT2D eigenvalue weighted by Gasteiger charge is 2.37. The Morgan fingerprint density at radius 3 is 2.19 bits per heavy atom. The number of methoxy groups -OCH3 is 1. The lowest BCUT2D eigenvalue weighted by molar-refractivity contribution is 0.0922. The molecule has 0 saturated heterocycles. The van der Waals surface area contributed by atoms with E-state index < -0.39 is 23.5 Å². The molecule has 0 bridgehead atoms. The Bertz CT molecular complexity index is 1230. The van der Waals surface area contributed by atoms with Crippen LogP contribution < -0.4 is 20.3 Å². The molecule has 0 spiro atoms. The van der Waals surface area contributed by atoms with Crippen LogP contribution in [0, 0.1) is 5.82 Å². The van der Waals surface area contributed by atoms with Gasteiger partial charge >= 0.3 is 0 Å². The second kappa shape index (κ2) is 8.56.